The molecule has 6 nitrogen and oxygen atoms in total. The summed E-state index contributed by atoms with van der Waals surface area (Å²) < 4.78 is 6.90. The quantitative estimate of drug-likeness (QED) is 0.843. The van der Waals surface area contributed by atoms with Gasteiger partial charge in [-0.1, -0.05) is 0 Å². The van der Waals surface area contributed by atoms with Gasteiger partial charge in [0.1, 0.15) is 11.4 Å². The largest absolute Gasteiger partial charge is 0.479 e. The van der Waals surface area contributed by atoms with Gasteiger partial charge in [0, 0.05) is 6.20 Å². The van der Waals surface area contributed by atoms with Crippen LogP contribution in [0, 0.1) is 6.92 Å². The minimum atomic E-state index is -0.586. The molecular weight excluding hydrogens is 220 g/mol. The summed E-state index contributed by atoms with van der Waals surface area (Å²) in [5.74, 6) is -0.254. The highest BCUT2D eigenvalue weighted by atomic mass is 16.5. The maximum absolute atomic E-state index is 11.0. The summed E-state index contributed by atoms with van der Waals surface area (Å²) >= 11 is 0. The highest BCUT2D eigenvalue weighted by Gasteiger charge is 2.11. The number of amides is 1. The van der Waals surface area contributed by atoms with Gasteiger partial charge in [0.15, 0.2) is 0 Å². The molecule has 0 aromatic carbocycles. The standard InChI is InChI=1S/C11H12N4O2/c1-7-5-15(6-13-7)9-4-3-8(10(12)16)14-11(9)17-2/h3-6H,1-2H3,(H2,12,16). The number of primary amides is 1. The third kappa shape index (κ3) is 2.10. The monoisotopic (exact) mass is 232 g/mol. The molecule has 2 heterocycles. The van der Waals surface area contributed by atoms with E-state index in [0.717, 1.165) is 5.69 Å². The van der Waals surface area contributed by atoms with E-state index in [9.17, 15) is 4.79 Å². The molecule has 0 fully saturated rings. The Kier molecular flexibility index (Phi) is 2.78. The van der Waals surface area contributed by atoms with E-state index in [1.54, 1.807) is 23.0 Å². The van der Waals surface area contributed by atoms with Gasteiger partial charge in [-0.3, -0.25) is 4.79 Å². The van der Waals surface area contributed by atoms with Gasteiger partial charge < -0.3 is 15.0 Å². The number of aryl methyl sites for hydroxylation is 1. The molecule has 6 heteroatoms. The van der Waals surface area contributed by atoms with E-state index in [4.69, 9.17) is 10.5 Å². The van der Waals surface area contributed by atoms with Crippen LogP contribution in [-0.2, 0) is 0 Å². The highest BCUT2D eigenvalue weighted by molar-refractivity contribution is 5.91. The third-order valence-corrected chi connectivity index (χ3v) is 2.28. The van der Waals surface area contributed by atoms with E-state index < -0.39 is 5.91 Å². The average Bonchev–Trinajstić information content (AvgIpc) is 2.74. The van der Waals surface area contributed by atoms with E-state index in [1.807, 2.05) is 13.1 Å². The average molecular weight is 232 g/mol. The van der Waals surface area contributed by atoms with Crippen LogP contribution in [0.4, 0.5) is 0 Å². The summed E-state index contributed by atoms with van der Waals surface area (Å²) in [6, 6.07) is 3.27. The molecule has 2 rings (SSSR count). The van der Waals surface area contributed by atoms with E-state index in [1.165, 1.54) is 7.11 Å². The summed E-state index contributed by atoms with van der Waals surface area (Å²) in [6.45, 7) is 1.88. The van der Waals surface area contributed by atoms with E-state index in [0.29, 0.717) is 11.6 Å². The normalized spacial score (nSPS) is 10.2. The Labute approximate surface area is 98.1 Å². The molecule has 2 N–H and O–H groups in total. The van der Waals surface area contributed by atoms with Crippen LogP contribution in [0.2, 0.25) is 0 Å². The summed E-state index contributed by atoms with van der Waals surface area (Å²) in [5.41, 5.74) is 6.91. The van der Waals surface area contributed by atoms with Crippen molar-refractivity contribution in [3.63, 3.8) is 0 Å². The summed E-state index contributed by atoms with van der Waals surface area (Å²) in [7, 11) is 1.49. The molecule has 0 unspecified atom stereocenters. The first-order valence-electron chi connectivity index (χ1n) is 4.97. The van der Waals surface area contributed by atoms with Gasteiger partial charge in [0.05, 0.1) is 19.1 Å². The SMILES string of the molecule is COc1nc(C(N)=O)ccc1-n1cnc(C)c1. The lowest BCUT2D eigenvalue weighted by molar-refractivity contribution is 0.0994. The Hall–Kier alpha value is -2.37. The number of ether oxygens (including phenoxy) is 1. The van der Waals surface area contributed by atoms with Crippen molar-refractivity contribution in [2.75, 3.05) is 7.11 Å². The Morgan fingerprint density at radius 2 is 2.24 bits per heavy atom. The predicted octanol–water partition coefficient (Wildman–Crippen LogP) is 0.683. The fraction of sp³-hybridized carbons (Fsp3) is 0.182. The fourth-order valence-electron chi connectivity index (χ4n) is 1.47. The number of rotatable bonds is 3. The zero-order valence-corrected chi connectivity index (χ0v) is 9.54. The van der Waals surface area contributed by atoms with Gasteiger partial charge in [-0.25, -0.2) is 9.97 Å². The molecule has 88 valence electrons. The van der Waals surface area contributed by atoms with Crippen LogP contribution in [-0.4, -0.2) is 27.6 Å². The summed E-state index contributed by atoms with van der Waals surface area (Å²) in [6.07, 6.45) is 3.49. The van der Waals surface area contributed by atoms with Crippen LogP contribution in [0.15, 0.2) is 24.7 Å². The van der Waals surface area contributed by atoms with Crippen LogP contribution >= 0.6 is 0 Å². The molecule has 17 heavy (non-hydrogen) atoms. The number of carbonyl (C=O) groups excluding carboxylic acids is 1. The first-order valence-corrected chi connectivity index (χ1v) is 4.97. The number of hydrogen-bond donors (Lipinski definition) is 1. The van der Waals surface area contributed by atoms with Crippen LogP contribution in [0.25, 0.3) is 5.69 Å². The van der Waals surface area contributed by atoms with E-state index in [-0.39, 0.29) is 5.69 Å². The number of hydrogen-bond acceptors (Lipinski definition) is 4. The van der Waals surface area contributed by atoms with Crippen molar-refractivity contribution < 1.29 is 9.53 Å². The molecule has 2 aromatic rings. The van der Waals surface area contributed by atoms with Gasteiger partial charge >= 0.3 is 0 Å². The van der Waals surface area contributed by atoms with E-state index >= 15 is 0 Å². The van der Waals surface area contributed by atoms with Crippen molar-refractivity contribution in [1.29, 1.82) is 0 Å². The van der Waals surface area contributed by atoms with Crippen molar-refractivity contribution >= 4 is 5.91 Å². The Bertz CT molecular complexity index is 562. The number of nitrogens with zero attached hydrogens (tertiary/aromatic N) is 3. The van der Waals surface area contributed by atoms with Gasteiger partial charge in [0.25, 0.3) is 5.91 Å². The lowest BCUT2D eigenvalue weighted by atomic mass is 10.3. The zero-order chi connectivity index (χ0) is 12.4. The fourth-order valence-corrected chi connectivity index (χ4v) is 1.47. The molecule has 0 bridgehead atoms. The van der Waals surface area contributed by atoms with Crippen molar-refractivity contribution in [2.45, 2.75) is 6.92 Å². The minimum absolute atomic E-state index is 0.169. The summed E-state index contributed by atoms with van der Waals surface area (Å²) in [5, 5.41) is 0. The Morgan fingerprint density at radius 3 is 2.76 bits per heavy atom. The van der Waals surface area contributed by atoms with Crippen LogP contribution in [0.5, 0.6) is 5.88 Å². The van der Waals surface area contributed by atoms with Crippen molar-refractivity contribution in [3.8, 4) is 11.6 Å². The van der Waals surface area contributed by atoms with Crippen molar-refractivity contribution in [1.82, 2.24) is 14.5 Å². The number of pyridine rings is 1. The predicted molar refractivity (Wildman–Crippen MR) is 61.2 cm³/mol. The molecule has 1 amide bonds. The molecule has 0 aliphatic carbocycles. The lowest BCUT2D eigenvalue weighted by Gasteiger charge is -2.08. The Morgan fingerprint density at radius 1 is 1.47 bits per heavy atom. The van der Waals surface area contributed by atoms with Gasteiger partial charge in [0.2, 0.25) is 5.88 Å². The second-order valence-electron chi connectivity index (χ2n) is 3.51. The smallest absolute Gasteiger partial charge is 0.267 e. The topological polar surface area (TPSA) is 83.0 Å². The van der Waals surface area contributed by atoms with Crippen LogP contribution in [0.1, 0.15) is 16.2 Å². The van der Waals surface area contributed by atoms with E-state index in [2.05, 4.69) is 9.97 Å². The zero-order valence-electron chi connectivity index (χ0n) is 9.54. The van der Waals surface area contributed by atoms with Gasteiger partial charge in [-0.15, -0.1) is 0 Å². The molecule has 0 saturated heterocycles. The third-order valence-electron chi connectivity index (χ3n) is 2.28. The molecule has 0 saturated carbocycles. The second kappa shape index (κ2) is 4.25. The van der Waals surface area contributed by atoms with Crippen molar-refractivity contribution in [3.05, 3.63) is 36.0 Å². The van der Waals surface area contributed by atoms with Crippen LogP contribution < -0.4 is 10.5 Å². The molecule has 2 aromatic heterocycles. The molecule has 0 spiro atoms. The number of carbonyl (C=O) groups is 1. The second-order valence-corrected chi connectivity index (χ2v) is 3.51. The number of nitrogens with two attached hydrogens (primary N) is 1. The maximum Gasteiger partial charge on any atom is 0.267 e. The minimum Gasteiger partial charge on any atom is -0.479 e. The summed E-state index contributed by atoms with van der Waals surface area (Å²) in [4.78, 5) is 19.2. The van der Waals surface area contributed by atoms with Crippen LogP contribution in [0.3, 0.4) is 0 Å². The molecule has 0 radical (unpaired) electrons. The number of aromatic nitrogens is 3. The number of imidazole rings is 1. The van der Waals surface area contributed by atoms with Gasteiger partial charge in [-0.2, -0.15) is 0 Å². The maximum atomic E-state index is 11.0. The first-order chi connectivity index (χ1) is 8.11. The Balaban J connectivity index is 2.51. The van der Waals surface area contributed by atoms with Crippen molar-refractivity contribution in [2.24, 2.45) is 5.73 Å². The molecule has 0 aliphatic rings. The molecular formula is C11H12N4O2. The lowest BCUT2D eigenvalue weighted by Crippen LogP contribution is -2.14. The highest BCUT2D eigenvalue weighted by Crippen LogP contribution is 2.20. The molecule has 0 atom stereocenters. The van der Waals surface area contributed by atoms with Gasteiger partial charge in [-0.05, 0) is 19.1 Å². The first kappa shape index (κ1) is 11.1. The molecule has 0 aliphatic heterocycles. The number of methoxy groups -OCH3 is 1.